The van der Waals surface area contributed by atoms with Crippen LogP contribution in [-0.2, 0) is 17.3 Å². The molecule has 0 radical (unpaired) electrons. The largest absolute Gasteiger partial charge is 0.354 e. The maximum atomic E-state index is 13.2. The SMILES string of the molecule is Cn1nnnc1SCCNC(=O)[C@@]1(c2ccccc2)CC12CCCC2. The van der Waals surface area contributed by atoms with Crippen LogP contribution in [-0.4, -0.2) is 38.4 Å². The molecule has 1 spiro atoms. The highest BCUT2D eigenvalue weighted by atomic mass is 32.2. The van der Waals surface area contributed by atoms with Crippen molar-refractivity contribution in [1.29, 1.82) is 0 Å². The molecule has 25 heavy (non-hydrogen) atoms. The molecule has 0 bridgehead atoms. The van der Waals surface area contributed by atoms with E-state index in [9.17, 15) is 4.79 Å². The fraction of sp³-hybridized carbons (Fsp3) is 0.556. The molecule has 2 saturated carbocycles. The van der Waals surface area contributed by atoms with Crippen molar-refractivity contribution in [3.63, 3.8) is 0 Å². The van der Waals surface area contributed by atoms with Crippen LogP contribution in [0.25, 0.3) is 0 Å². The van der Waals surface area contributed by atoms with E-state index in [2.05, 4.69) is 33.0 Å². The summed E-state index contributed by atoms with van der Waals surface area (Å²) in [5, 5.41) is 15.3. The number of aryl methyl sites for hydroxylation is 1. The lowest BCUT2D eigenvalue weighted by molar-refractivity contribution is -0.124. The van der Waals surface area contributed by atoms with E-state index >= 15 is 0 Å². The van der Waals surface area contributed by atoms with Crippen molar-refractivity contribution in [3.8, 4) is 0 Å². The standard InChI is InChI=1S/C18H23N5OS/c1-23-16(20-21-22-23)25-12-11-19-15(24)18(14-7-3-2-4-8-14)13-17(18)9-5-6-10-17/h2-4,7-8H,5-6,9-13H2,1H3,(H,19,24)/t18-/m0/s1. The Bertz CT molecular complexity index is 756. The Kier molecular flexibility index (Phi) is 4.27. The summed E-state index contributed by atoms with van der Waals surface area (Å²) in [6, 6.07) is 10.3. The molecule has 132 valence electrons. The molecule has 1 heterocycles. The molecule has 2 aliphatic rings. The van der Waals surface area contributed by atoms with Crippen molar-refractivity contribution in [3.05, 3.63) is 35.9 Å². The van der Waals surface area contributed by atoms with Gasteiger partial charge in [0, 0.05) is 19.3 Å². The molecule has 1 atom stereocenters. The lowest BCUT2D eigenvalue weighted by Gasteiger charge is -2.22. The predicted octanol–water partition coefficient (Wildman–Crippen LogP) is 2.32. The third-order valence-corrected chi connectivity index (χ3v) is 6.81. The minimum atomic E-state index is -0.318. The van der Waals surface area contributed by atoms with Gasteiger partial charge in [0.05, 0.1) is 5.41 Å². The molecular formula is C18H23N5OS. The van der Waals surface area contributed by atoms with Gasteiger partial charge in [0.1, 0.15) is 0 Å². The lowest BCUT2D eigenvalue weighted by atomic mass is 9.84. The average Bonchev–Trinajstić information content (AvgIpc) is 2.89. The van der Waals surface area contributed by atoms with E-state index in [1.807, 2.05) is 25.2 Å². The molecule has 0 aliphatic heterocycles. The van der Waals surface area contributed by atoms with E-state index in [-0.39, 0.29) is 16.7 Å². The second-order valence-electron chi connectivity index (χ2n) is 7.12. The highest BCUT2D eigenvalue weighted by Crippen LogP contribution is 2.72. The Labute approximate surface area is 151 Å². The quantitative estimate of drug-likeness (QED) is 0.634. The zero-order chi connectivity index (χ0) is 17.3. The summed E-state index contributed by atoms with van der Waals surface area (Å²) in [4.78, 5) is 13.2. The fourth-order valence-electron chi connectivity index (χ4n) is 4.50. The van der Waals surface area contributed by atoms with E-state index < -0.39 is 0 Å². The van der Waals surface area contributed by atoms with Gasteiger partial charge in [-0.05, 0) is 40.7 Å². The third kappa shape index (κ3) is 2.74. The second-order valence-corrected chi connectivity index (χ2v) is 8.19. The minimum absolute atomic E-state index is 0.192. The Hall–Kier alpha value is -1.89. The van der Waals surface area contributed by atoms with E-state index in [1.165, 1.54) is 31.2 Å². The van der Waals surface area contributed by atoms with Crippen LogP contribution in [0.1, 0.15) is 37.7 Å². The van der Waals surface area contributed by atoms with Crippen molar-refractivity contribution in [2.75, 3.05) is 12.3 Å². The number of nitrogens with zero attached hydrogens (tertiary/aromatic N) is 4. The van der Waals surface area contributed by atoms with Gasteiger partial charge >= 0.3 is 0 Å². The Morgan fingerprint density at radius 3 is 2.72 bits per heavy atom. The zero-order valence-electron chi connectivity index (χ0n) is 14.4. The van der Waals surface area contributed by atoms with Crippen molar-refractivity contribution >= 4 is 17.7 Å². The number of carbonyl (C=O) groups is 1. The van der Waals surface area contributed by atoms with Crippen LogP contribution in [0.4, 0.5) is 0 Å². The summed E-state index contributed by atoms with van der Waals surface area (Å²) >= 11 is 1.56. The van der Waals surface area contributed by atoms with E-state index in [0.717, 1.165) is 17.3 Å². The second kappa shape index (κ2) is 6.44. The van der Waals surface area contributed by atoms with Crippen LogP contribution >= 0.6 is 11.8 Å². The molecule has 2 aromatic rings. The number of thioether (sulfide) groups is 1. The van der Waals surface area contributed by atoms with Crippen LogP contribution in [0.3, 0.4) is 0 Å². The molecule has 1 N–H and O–H groups in total. The molecule has 1 aromatic carbocycles. The number of tetrazole rings is 1. The first kappa shape index (κ1) is 16.6. The highest BCUT2D eigenvalue weighted by molar-refractivity contribution is 7.99. The summed E-state index contributed by atoms with van der Waals surface area (Å²) in [5.41, 5.74) is 1.06. The number of benzene rings is 1. The van der Waals surface area contributed by atoms with Crippen LogP contribution < -0.4 is 5.32 Å². The van der Waals surface area contributed by atoms with E-state index in [4.69, 9.17) is 0 Å². The summed E-state index contributed by atoms with van der Waals surface area (Å²) in [5.74, 6) is 0.954. The van der Waals surface area contributed by atoms with Gasteiger partial charge in [-0.25, -0.2) is 4.68 Å². The molecule has 1 amide bonds. The van der Waals surface area contributed by atoms with Crippen LogP contribution in [0.2, 0.25) is 0 Å². The van der Waals surface area contributed by atoms with Gasteiger partial charge in [-0.15, -0.1) is 5.10 Å². The van der Waals surface area contributed by atoms with Crippen molar-refractivity contribution in [2.24, 2.45) is 12.5 Å². The first-order valence-corrected chi connectivity index (χ1v) is 9.86. The maximum Gasteiger partial charge on any atom is 0.231 e. The number of hydrogen-bond donors (Lipinski definition) is 1. The molecule has 0 saturated heterocycles. The smallest absolute Gasteiger partial charge is 0.231 e. The molecule has 1 aromatic heterocycles. The lowest BCUT2D eigenvalue weighted by Crippen LogP contribution is -2.39. The molecular weight excluding hydrogens is 334 g/mol. The molecule has 0 unspecified atom stereocenters. The third-order valence-electron chi connectivity index (χ3n) is 5.80. The van der Waals surface area contributed by atoms with Crippen molar-refractivity contribution in [2.45, 2.75) is 42.7 Å². The van der Waals surface area contributed by atoms with E-state index in [1.54, 1.807) is 16.4 Å². The average molecular weight is 357 g/mol. The zero-order valence-corrected chi connectivity index (χ0v) is 15.3. The molecule has 6 nitrogen and oxygen atoms in total. The first-order valence-electron chi connectivity index (χ1n) is 8.87. The fourth-order valence-corrected chi connectivity index (χ4v) is 5.21. The Balaban J connectivity index is 1.42. The van der Waals surface area contributed by atoms with Crippen LogP contribution in [0, 0.1) is 5.41 Å². The highest BCUT2D eigenvalue weighted by Gasteiger charge is 2.72. The molecule has 2 aliphatic carbocycles. The monoisotopic (exact) mass is 357 g/mol. The topological polar surface area (TPSA) is 72.7 Å². The normalized spacial score (nSPS) is 23.7. The summed E-state index contributed by atoms with van der Waals surface area (Å²) in [6.07, 6.45) is 5.84. The first-order chi connectivity index (χ1) is 12.2. The van der Waals surface area contributed by atoms with Crippen molar-refractivity contribution in [1.82, 2.24) is 25.5 Å². The maximum absolute atomic E-state index is 13.2. The van der Waals surface area contributed by atoms with Crippen molar-refractivity contribution < 1.29 is 4.79 Å². The minimum Gasteiger partial charge on any atom is -0.354 e. The van der Waals surface area contributed by atoms with Gasteiger partial charge in [0.25, 0.3) is 0 Å². The number of carbonyl (C=O) groups excluding carboxylic acids is 1. The number of hydrogen-bond acceptors (Lipinski definition) is 5. The number of rotatable bonds is 6. The molecule has 7 heteroatoms. The number of nitrogens with one attached hydrogen (secondary N) is 1. The number of aromatic nitrogens is 4. The van der Waals surface area contributed by atoms with Gasteiger partial charge in [0.15, 0.2) is 0 Å². The van der Waals surface area contributed by atoms with Gasteiger partial charge in [-0.2, -0.15) is 0 Å². The number of amides is 1. The predicted molar refractivity (Wildman–Crippen MR) is 96.2 cm³/mol. The Morgan fingerprint density at radius 1 is 1.28 bits per heavy atom. The van der Waals surface area contributed by atoms with Gasteiger partial charge in [-0.1, -0.05) is 54.9 Å². The Morgan fingerprint density at radius 2 is 2.04 bits per heavy atom. The van der Waals surface area contributed by atoms with E-state index in [0.29, 0.717) is 6.54 Å². The summed E-state index contributed by atoms with van der Waals surface area (Å²) in [6.45, 7) is 0.626. The molecule has 4 rings (SSSR count). The van der Waals surface area contributed by atoms with Gasteiger partial charge in [0.2, 0.25) is 11.1 Å². The summed E-state index contributed by atoms with van der Waals surface area (Å²) in [7, 11) is 1.82. The molecule has 2 fully saturated rings. The summed E-state index contributed by atoms with van der Waals surface area (Å²) < 4.78 is 1.65. The van der Waals surface area contributed by atoms with Gasteiger partial charge in [-0.3, -0.25) is 4.79 Å². The van der Waals surface area contributed by atoms with Gasteiger partial charge < -0.3 is 5.32 Å². The van der Waals surface area contributed by atoms with Crippen LogP contribution in [0.15, 0.2) is 35.5 Å². The van der Waals surface area contributed by atoms with Crippen LogP contribution in [0.5, 0.6) is 0 Å².